The van der Waals surface area contributed by atoms with E-state index in [1.54, 1.807) is 19.1 Å². The molecule has 2 atom stereocenters. The number of nitrogens with one attached hydrogen (secondary N) is 1. The summed E-state index contributed by atoms with van der Waals surface area (Å²) >= 11 is 0. The number of carbonyl (C=O) groups is 1. The Bertz CT molecular complexity index is 890. The first-order chi connectivity index (χ1) is 14.7. The highest BCUT2D eigenvalue weighted by Gasteiger charge is 2.31. The summed E-state index contributed by atoms with van der Waals surface area (Å²) in [6.45, 7) is 2.27. The van der Waals surface area contributed by atoms with E-state index in [2.05, 4.69) is 20.3 Å². The van der Waals surface area contributed by atoms with Gasteiger partial charge in [-0.15, -0.1) is 18.3 Å². The Hall–Kier alpha value is -2.88. The van der Waals surface area contributed by atoms with Gasteiger partial charge in [0.05, 0.1) is 24.1 Å². The summed E-state index contributed by atoms with van der Waals surface area (Å²) in [6, 6.07) is 5.86. The van der Waals surface area contributed by atoms with Gasteiger partial charge in [-0.3, -0.25) is 0 Å². The zero-order valence-electron chi connectivity index (χ0n) is 17.0. The molecular weight excluding hydrogens is 415 g/mol. The van der Waals surface area contributed by atoms with Gasteiger partial charge < -0.3 is 19.9 Å². The molecule has 1 aliphatic heterocycles. The predicted octanol–water partition coefficient (Wildman–Crippen LogP) is 4.36. The minimum Gasteiger partial charge on any atom is -0.476 e. The Kier molecular flexibility index (Phi) is 7.32. The summed E-state index contributed by atoms with van der Waals surface area (Å²) in [7, 11) is 0. The van der Waals surface area contributed by atoms with Crippen LogP contribution in [0, 0.1) is 6.92 Å². The van der Waals surface area contributed by atoms with Gasteiger partial charge in [0.2, 0.25) is 0 Å². The van der Waals surface area contributed by atoms with Gasteiger partial charge in [0.25, 0.3) is 0 Å². The third kappa shape index (κ3) is 6.81. The third-order valence-corrected chi connectivity index (χ3v) is 5.15. The number of carboxylic acids is 1. The van der Waals surface area contributed by atoms with Crippen LogP contribution < -0.4 is 10.1 Å². The van der Waals surface area contributed by atoms with Crippen molar-refractivity contribution in [3.05, 3.63) is 47.3 Å². The van der Waals surface area contributed by atoms with E-state index in [9.17, 15) is 18.0 Å². The number of anilines is 1. The molecule has 2 unspecified atom stereocenters. The van der Waals surface area contributed by atoms with Crippen LogP contribution >= 0.6 is 0 Å². The van der Waals surface area contributed by atoms with Crippen LogP contribution in [0.3, 0.4) is 0 Å². The molecular formula is C21H24F3N3O4. The Morgan fingerprint density at radius 3 is 2.65 bits per heavy atom. The lowest BCUT2D eigenvalue weighted by atomic mass is 9.97. The molecule has 2 N–H and O–H groups in total. The van der Waals surface area contributed by atoms with Crippen LogP contribution in [-0.4, -0.2) is 46.4 Å². The number of ether oxygens (including phenoxy) is 2. The second-order valence-electron chi connectivity index (χ2n) is 7.46. The van der Waals surface area contributed by atoms with Gasteiger partial charge in [0.1, 0.15) is 5.75 Å². The highest BCUT2D eigenvalue weighted by atomic mass is 19.4. The fourth-order valence-electron chi connectivity index (χ4n) is 3.63. The van der Waals surface area contributed by atoms with E-state index in [1.807, 2.05) is 0 Å². The number of rotatable bonds is 8. The SMILES string of the molecule is Cc1c(NCCC2CCCC(Cc3ccc(OC(F)(F)F)cc3)O2)cnnc1C(=O)O. The van der Waals surface area contributed by atoms with Crippen LogP contribution in [0.4, 0.5) is 18.9 Å². The van der Waals surface area contributed by atoms with E-state index in [1.165, 1.54) is 18.3 Å². The Morgan fingerprint density at radius 2 is 1.97 bits per heavy atom. The van der Waals surface area contributed by atoms with Crippen molar-refractivity contribution >= 4 is 11.7 Å². The molecule has 31 heavy (non-hydrogen) atoms. The molecule has 0 aliphatic carbocycles. The van der Waals surface area contributed by atoms with E-state index >= 15 is 0 Å². The van der Waals surface area contributed by atoms with Crippen LogP contribution in [0.5, 0.6) is 5.75 Å². The average Bonchev–Trinajstić information content (AvgIpc) is 2.70. The first-order valence-electron chi connectivity index (χ1n) is 10.0. The average molecular weight is 439 g/mol. The van der Waals surface area contributed by atoms with E-state index in [0.29, 0.717) is 24.2 Å². The first-order valence-corrected chi connectivity index (χ1v) is 10.0. The fraction of sp³-hybridized carbons (Fsp3) is 0.476. The van der Waals surface area contributed by atoms with Crippen molar-refractivity contribution in [3.8, 4) is 5.75 Å². The molecule has 1 fully saturated rings. The Morgan fingerprint density at radius 1 is 1.26 bits per heavy atom. The number of nitrogens with zero attached hydrogens (tertiary/aromatic N) is 2. The number of alkyl halides is 3. The van der Waals surface area contributed by atoms with Crippen molar-refractivity contribution in [3.63, 3.8) is 0 Å². The molecule has 168 valence electrons. The van der Waals surface area contributed by atoms with Crippen molar-refractivity contribution in [2.45, 2.75) is 57.6 Å². The summed E-state index contributed by atoms with van der Waals surface area (Å²) in [6.07, 6.45) is 1.01. The van der Waals surface area contributed by atoms with E-state index in [4.69, 9.17) is 9.84 Å². The van der Waals surface area contributed by atoms with Gasteiger partial charge in [-0.1, -0.05) is 12.1 Å². The number of hydrogen-bond donors (Lipinski definition) is 2. The molecule has 0 spiro atoms. The summed E-state index contributed by atoms with van der Waals surface area (Å²) < 4.78 is 46.8. The third-order valence-electron chi connectivity index (χ3n) is 5.15. The summed E-state index contributed by atoms with van der Waals surface area (Å²) in [5, 5.41) is 19.7. The smallest absolute Gasteiger partial charge is 0.476 e. The Labute approximate surface area is 177 Å². The molecule has 0 bridgehead atoms. The largest absolute Gasteiger partial charge is 0.573 e. The zero-order chi connectivity index (χ0) is 22.4. The molecule has 1 saturated heterocycles. The highest BCUT2D eigenvalue weighted by molar-refractivity contribution is 5.88. The standard InChI is InChI=1S/C21H24F3N3O4/c1-13-18(12-26-27-19(13)20(28)29)25-10-9-15-3-2-4-17(30-15)11-14-5-7-16(8-6-14)31-21(22,23)24/h5-8,12,15,17H,2-4,9-11H2,1H3,(H,25,27)(H,28,29). The molecule has 10 heteroatoms. The zero-order valence-corrected chi connectivity index (χ0v) is 17.0. The number of aromatic nitrogens is 2. The number of benzene rings is 1. The highest BCUT2D eigenvalue weighted by Crippen LogP contribution is 2.26. The van der Waals surface area contributed by atoms with Gasteiger partial charge in [-0.25, -0.2) is 4.79 Å². The lowest BCUT2D eigenvalue weighted by molar-refractivity contribution is -0.274. The number of halogens is 3. The van der Waals surface area contributed by atoms with Gasteiger partial charge in [0.15, 0.2) is 5.69 Å². The molecule has 0 radical (unpaired) electrons. The Balaban J connectivity index is 1.48. The van der Waals surface area contributed by atoms with Gasteiger partial charge in [0, 0.05) is 12.1 Å². The number of carboxylic acid groups (broad SMARTS) is 1. The van der Waals surface area contributed by atoms with Crippen LogP contribution in [0.2, 0.25) is 0 Å². The molecule has 2 aromatic rings. The molecule has 1 aromatic carbocycles. The summed E-state index contributed by atoms with van der Waals surface area (Å²) in [4.78, 5) is 11.2. The molecule has 0 saturated carbocycles. The van der Waals surface area contributed by atoms with Crippen LogP contribution in [-0.2, 0) is 11.2 Å². The molecule has 0 amide bonds. The fourth-order valence-corrected chi connectivity index (χ4v) is 3.63. The van der Waals surface area contributed by atoms with E-state index in [-0.39, 0.29) is 23.7 Å². The second kappa shape index (κ2) is 9.95. The lowest BCUT2D eigenvalue weighted by Gasteiger charge is -2.30. The maximum Gasteiger partial charge on any atom is 0.573 e. The van der Waals surface area contributed by atoms with Gasteiger partial charge in [-0.05, 0) is 56.7 Å². The molecule has 2 heterocycles. The maximum atomic E-state index is 12.3. The topological polar surface area (TPSA) is 93.6 Å². The van der Waals surface area contributed by atoms with E-state index < -0.39 is 12.3 Å². The van der Waals surface area contributed by atoms with Crippen molar-refractivity contribution in [1.29, 1.82) is 0 Å². The molecule has 1 aliphatic rings. The first kappa shape index (κ1) is 22.8. The minimum atomic E-state index is -4.70. The normalized spacial score (nSPS) is 19.1. The summed E-state index contributed by atoms with van der Waals surface area (Å²) in [5.74, 6) is -1.36. The van der Waals surface area contributed by atoms with E-state index in [0.717, 1.165) is 31.2 Å². The molecule has 7 nitrogen and oxygen atoms in total. The lowest BCUT2D eigenvalue weighted by Crippen LogP contribution is -2.30. The number of aromatic carboxylic acids is 1. The summed E-state index contributed by atoms with van der Waals surface area (Å²) in [5.41, 5.74) is 1.97. The molecule has 3 rings (SSSR count). The van der Waals surface area contributed by atoms with Crippen LogP contribution in [0.1, 0.15) is 47.3 Å². The van der Waals surface area contributed by atoms with Crippen molar-refractivity contribution in [1.82, 2.24) is 10.2 Å². The van der Waals surface area contributed by atoms with Gasteiger partial charge >= 0.3 is 12.3 Å². The maximum absolute atomic E-state index is 12.3. The molecule has 1 aromatic heterocycles. The minimum absolute atomic E-state index is 0.00363. The monoisotopic (exact) mass is 439 g/mol. The van der Waals surface area contributed by atoms with Crippen LogP contribution in [0.15, 0.2) is 30.5 Å². The second-order valence-corrected chi connectivity index (χ2v) is 7.46. The van der Waals surface area contributed by atoms with Gasteiger partial charge in [-0.2, -0.15) is 5.10 Å². The van der Waals surface area contributed by atoms with Crippen molar-refractivity contribution < 1.29 is 32.5 Å². The van der Waals surface area contributed by atoms with Crippen LogP contribution in [0.25, 0.3) is 0 Å². The number of hydrogen-bond acceptors (Lipinski definition) is 6. The van der Waals surface area contributed by atoms with Crippen molar-refractivity contribution in [2.75, 3.05) is 11.9 Å². The quantitative estimate of drug-likeness (QED) is 0.631. The van der Waals surface area contributed by atoms with Crippen molar-refractivity contribution in [2.24, 2.45) is 0 Å². The predicted molar refractivity (Wildman–Crippen MR) is 106 cm³/mol.